The zero-order valence-corrected chi connectivity index (χ0v) is 24.3. The third-order valence-electron chi connectivity index (χ3n) is 8.65. The molecule has 214 valence electrons. The maximum absolute atomic E-state index is 13.6. The second-order valence-corrected chi connectivity index (χ2v) is 11.9. The third-order valence-corrected chi connectivity index (χ3v) is 9.02. The van der Waals surface area contributed by atoms with Crippen LogP contribution in [-0.4, -0.2) is 71.4 Å². The number of benzene rings is 2. The normalized spacial score (nSPS) is 19.4. The fourth-order valence-electron chi connectivity index (χ4n) is 6.54. The van der Waals surface area contributed by atoms with Gasteiger partial charge in [0.2, 0.25) is 11.8 Å². The topological polar surface area (TPSA) is 80.5 Å². The highest BCUT2D eigenvalue weighted by Gasteiger charge is 2.32. The molecular formula is C32H42ClN5O2. The molecule has 0 bridgehead atoms. The smallest absolute Gasteiger partial charge is 0.234 e. The van der Waals surface area contributed by atoms with E-state index in [1.165, 1.54) is 32.1 Å². The van der Waals surface area contributed by atoms with Gasteiger partial charge in [-0.15, -0.1) is 0 Å². The van der Waals surface area contributed by atoms with Crippen LogP contribution in [0.1, 0.15) is 50.2 Å². The fraction of sp³-hybridized carbons (Fsp3) is 0.500. The standard InChI is InChI=1S/C32H42ClN5O2/c1-23(39)38(20-25-11-5-7-13-29(25)33)21-27(17-26-18-35-30-14-8-6-12-28(26)30)36-32(40)22-37-16-15-34-19-31(37)24-9-3-2-4-10-24/h5-8,11-14,18,24,27,31,34-35H,2-4,9-10,15-17,19-22H2,1H3,(H,36,40)/t27-,31?/m1/s1. The van der Waals surface area contributed by atoms with Crippen LogP contribution in [0.3, 0.4) is 0 Å². The number of hydrogen-bond donors (Lipinski definition) is 3. The van der Waals surface area contributed by atoms with Crippen LogP contribution in [0, 0.1) is 5.92 Å². The number of carbonyl (C=O) groups excluding carboxylic acids is 2. The predicted octanol–water partition coefficient (Wildman–Crippen LogP) is 4.75. The minimum absolute atomic E-state index is 0.0220. The van der Waals surface area contributed by atoms with E-state index >= 15 is 0 Å². The number of rotatable bonds is 10. The van der Waals surface area contributed by atoms with Crippen molar-refractivity contribution in [3.05, 3.63) is 70.9 Å². The molecule has 5 rings (SSSR count). The second-order valence-electron chi connectivity index (χ2n) is 11.5. The number of amides is 2. The van der Waals surface area contributed by atoms with Gasteiger partial charge in [-0.25, -0.2) is 0 Å². The largest absolute Gasteiger partial charge is 0.361 e. The number of nitrogens with zero attached hydrogens (tertiary/aromatic N) is 2. The zero-order chi connectivity index (χ0) is 27.9. The number of halogens is 1. The number of para-hydroxylation sites is 1. The van der Waals surface area contributed by atoms with Gasteiger partial charge in [0.05, 0.1) is 12.6 Å². The van der Waals surface area contributed by atoms with E-state index in [2.05, 4.69) is 32.7 Å². The lowest BCUT2D eigenvalue weighted by Gasteiger charge is -2.42. The van der Waals surface area contributed by atoms with Gasteiger partial charge in [-0.1, -0.05) is 67.3 Å². The monoisotopic (exact) mass is 563 g/mol. The van der Waals surface area contributed by atoms with Crippen LogP contribution in [0.15, 0.2) is 54.7 Å². The molecule has 1 saturated carbocycles. The van der Waals surface area contributed by atoms with Crippen LogP contribution in [0.5, 0.6) is 0 Å². The highest BCUT2D eigenvalue weighted by molar-refractivity contribution is 6.31. The van der Waals surface area contributed by atoms with Crippen LogP contribution in [-0.2, 0) is 22.6 Å². The SMILES string of the molecule is CC(=O)N(Cc1ccccc1Cl)C[C@@H](Cc1c[nH]c2ccccc12)NC(=O)CN1CCNCC1C1CCCCC1. The maximum atomic E-state index is 13.6. The molecule has 0 radical (unpaired) electrons. The zero-order valence-electron chi connectivity index (χ0n) is 23.5. The summed E-state index contributed by atoms with van der Waals surface area (Å²) in [6, 6.07) is 16.0. The van der Waals surface area contributed by atoms with Crippen LogP contribution < -0.4 is 10.6 Å². The van der Waals surface area contributed by atoms with Gasteiger partial charge in [-0.3, -0.25) is 14.5 Å². The number of H-pyrrole nitrogens is 1. The van der Waals surface area contributed by atoms with Gasteiger partial charge in [0, 0.05) is 67.8 Å². The quantitative estimate of drug-likeness (QED) is 0.332. The highest BCUT2D eigenvalue weighted by Crippen LogP contribution is 2.29. The Morgan fingerprint density at radius 2 is 1.85 bits per heavy atom. The summed E-state index contributed by atoms with van der Waals surface area (Å²) in [5.74, 6) is 0.631. The van der Waals surface area contributed by atoms with Crippen molar-refractivity contribution in [1.82, 2.24) is 25.4 Å². The molecule has 2 amide bonds. The van der Waals surface area contributed by atoms with Crippen LogP contribution >= 0.6 is 11.6 Å². The van der Waals surface area contributed by atoms with Crippen molar-refractivity contribution < 1.29 is 9.59 Å². The maximum Gasteiger partial charge on any atom is 0.234 e. The Morgan fingerprint density at radius 3 is 2.65 bits per heavy atom. The fourth-order valence-corrected chi connectivity index (χ4v) is 6.73. The minimum Gasteiger partial charge on any atom is -0.361 e. The molecule has 2 heterocycles. The van der Waals surface area contributed by atoms with Gasteiger partial charge in [-0.2, -0.15) is 0 Å². The van der Waals surface area contributed by atoms with Crippen molar-refractivity contribution in [2.75, 3.05) is 32.7 Å². The number of fused-ring (bicyclic) bond motifs is 1. The highest BCUT2D eigenvalue weighted by atomic mass is 35.5. The molecule has 2 aliphatic rings. The van der Waals surface area contributed by atoms with E-state index < -0.39 is 0 Å². The molecule has 1 aliphatic heterocycles. The Balaban J connectivity index is 1.32. The summed E-state index contributed by atoms with van der Waals surface area (Å²) in [6.07, 6.45) is 9.06. The molecule has 7 nitrogen and oxygen atoms in total. The van der Waals surface area contributed by atoms with E-state index in [9.17, 15) is 9.59 Å². The summed E-state index contributed by atoms with van der Waals surface area (Å²) in [5, 5.41) is 8.67. The molecule has 1 aromatic heterocycles. The van der Waals surface area contributed by atoms with Crippen LogP contribution in [0.25, 0.3) is 10.9 Å². The molecule has 2 aromatic carbocycles. The minimum atomic E-state index is -0.242. The molecular weight excluding hydrogens is 522 g/mol. The predicted molar refractivity (Wildman–Crippen MR) is 161 cm³/mol. The first kappa shape index (κ1) is 28.7. The van der Waals surface area contributed by atoms with E-state index in [4.69, 9.17) is 11.6 Å². The molecule has 2 atom stereocenters. The van der Waals surface area contributed by atoms with Crippen molar-refractivity contribution in [2.24, 2.45) is 5.92 Å². The average Bonchev–Trinajstić information content (AvgIpc) is 3.37. The van der Waals surface area contributed by atoms with Gasteiger partial charge in [0.25, 0.3) is 0 Å². The average molecular weight is 564 g/mol. The first-order valence-electron chi connectivity index (χ1n) is 14.8. The molecule has 8 heteroatoms. The van der Waals surface area contributed by atoms with Crippen molar-refractivity contribution >= 4 is 34.3 Å². The molecule has 1 saturated heterocycles. The third kappa shape index (κ3) is 7.25. The molecule has 1 aliphatic carbocycles. The number of piperazine rings is 1. The van der Waals surface area contributed by atoms with E-state index in [1.54, 1.807) is 11.8 Å². The number of hydrogen-bond acceptors (Lipinski definition) is 4. The van der Waals surface area contributed by atoms with Crippen molar-refractivity contribution in [3.63, 3.8) is 0 Å². The van der Waals surface area contributed by atoms with Crippen molar-refractivity contribution in [3.8, 4) is 0 Å². The summed E-state index contributed by atoms with van der Waals surface area (Å²) in [5.41, 5.74) is 3.09. The summed E-state index contributed by atoms with van der Waals surface area (Å²) < 4.78 is 0. The number of carbonyl (C=O) groups is 2. The van der Waals surface area contributed by atoms with E-state index in [1.807, 2.05) is 42.6 Å². The van der Waals surface area contributed by atoms with Crippen LogP contribution in [0.2, 0.25) is 5.02 Å². The Morgan fingerprint density at radius 1 is 1.07 bits per heavy atom. The van der Waals surface area contributed by atoms with E-state index in [-0.39, 0.29) is 17.9 Å². The van der Waals surface area contributed by atoms with Gasteiger partial charge >= 0.3 is 0 Å². The molecule has 3 aromatic rings. The second kappa shape index (κ2) is 13.7. The van der Waals surface area contributed by atoms with Gasteiger partial charge in [0.1, 0.15) is 0 Å². The Bertz CT molecular complexity index is 1290. The number of nitrogens with one attached hydrogen (secondary N) is 3. The first-order chi connectivity index (χ1) is 19.5. The lowest BCUT2D eigenvalue weighted by atomic mass is 9.82. The van der Waals surface area contributed by atoms with Crippen molar-refractivity contribution in [1.29, 1.82) is 0 Å². The Labute approximate surface area is 242 Å². The van der Waals surface area contributed by atoms with Crippen molar-refractivity contribution in [2.45, 2.75) is 64.1 Å². The molecule has 1 unspecified atom stereocenters. The van der Waals surface area contributed by atoms with E-state index in [0.29, 0.717) is 43.0 Å². The van der Waals surface area contributed by atoms with Gasteiger partial charge in [0.15, 0.2) is 0 Å². The first-order valence-corrected chi connectivity index (χ1v) is 15.1. The molecule has 0 spiro atoms. The summed E-state index contributed by atoms with van der Waals surface area (Å²) in [4.78, 5) is 33.9. The van der Waals surface area contributed by atoms with Gasteiger partial charge < -0.3 is 20.5 Å². The molecule has 40 heavy (non-hydrogen) atoms. The Hall–Kier alpha value is -2.87. The Kier molecular flexibility index (Phi) is 9.79. The number of aromatic nitrogens is 1. The van der Waals surface area contributed by atoms with Crippen LogP contribution in [0.4, 0.5) is 0 Å². The lowest BCUT2D eigenvalue weighted by Crippen LogP contribution is -2.58. The van der Waals surface area contributed by atoms with E-state index in [0.717, 1.165) is 41.7 Å². The molecule has 3 N–H and O–H groups in total. The summed E-state index contributed by atoms with van der Waals surface area (Å²) in [7, 11) is 0. The number of aromatic amines is 1. The van der Waals surface area contributed by atoms with Gasteiger partial charge in [-0.05, 0) is 48.4 Å². The summed E-state index contributed by atoms with van der Waals surface area (Å²) in [6.45, 7) is 5.51. The lowest BCUT2D eigenvalue weighted by molar-refractivity contribution is -0.131. The molecule has 2 fully saturated rings. The summed E-state index contributed by atoms with van der Waals surface area (Å²) >= 11 is 6.44.